The number of sulfonamides is 1. The number of carbonyl (C=O) groups excluding carboxylic acids is 1. The number of nitrogens with one attached hydrogen (secondary N) is 3. The quantitative estimate of drug-likeness (QED) is 0.147. The van der Waals surface area contributed by atoms with Crippen molar-refractivity contribution in [2.75, 3.05) is 17.5 Å². The van der Waals surface area contributed by atoms with Gasteiger partial charge in [0, 0.05) is 18.2 Å². The van der Waals surface area contributed by atoms with Crippen molar-refractivity contribution in [3.8, 4) is 5.75 Å². The van der Waals surface area contributed by atoms with Crippen LogP contribution in [-0.2, 0) is 16.4 Å². The fraction of sp³-hybridized carbons (Fsp3) is 0.208. The second-order valence-corrected chi connectivity index (χ2v) is 9.63. The Bertz CT molecular complexity index is 1220. The number of hydrogen-bond acceptors (Lipinski definition) is 7. The van der Waals surface area contributed by atoms with E-state index < -0.39 is 22.0 Å². The van der Waals surface area contributed by atoms with Gasteiger partial charge in [0.15, 0.2) is 0 Å². The monoisotopic (exact) mass is 485 g/mol. The predicted octanol–water partition coefficient (Wildman–Crippen LogP) is 2.49. The first-order chi connectivity index (χ1) is 16.2. The third-order valence-electron chi connectivity index (χ3n) is 5.22. The zero-order valence-corrected chi connectivity index (χ0v) is 19.3. The summed E-state index contributed by atoms with van der Waals surface area (Å²) < 4.78 is 25.3. The van der Waals surface area contributed by atoms with E-state index in [-0.39, 0.29) is 24.0 Å². The topological polar surface area (TPSA) is 148 Å². The van der Waals surface area contributed by atoms with Crippen LogP contribution in [0.2, 0.25) is 0 Å². The Hall–Kier alpha value is -3.44. The van der Waals surface area contributed by atoms with Crippen molar-refractivity contribution >= 4 is 21.6 Å². The lowest BCUT2D eigenvalue weighted by molar-refractivity contribution is 0.0706. The molecule has 0 heterocycles. The number of amides is 1. The van der Waals surface area contributed by atoms with Crippen LogP contribution < -0.4 is 15.5 Å². The summed E-state index contributed by atoms with van der Waals surface area (Å²) in [6.07, 6.45) is 0.592. The largest absolute Gasteiger partial charge is 0.506 e. The van der Waals surface area contributed by atoms with Gasteiger partial charge in [-0.3, -0.25) is 14.7 Å². The Labute approximate surface area is 198 Å². The standard InChI is InChI=1S/C24H27N3O6S/c1-34(32,33)27-21-14-19(11-12-22(21)28)23(29)15-25-20(13-16-5-3-2-4-6-16)17-7-9-18(10-8-17)24(30)26-31/h2-12,14,20,23,25,27-29,31H,13,15H2,1H3,(H,26,30)/t20-,23+/m1/s1. The van der Waals surface area contributed by atoms with Crippen LogP contribution in [0.5, 0.6) is 5.75 Å². The van der Waals surface area contributed by atoms with E-state index in [0.717, 1.165) is 17.4 Å². The maximum Gasteiger partial charge on any atom is 0.274 e. The smallest absolute Gasteiger partial charge is 0.274 e. The van der Waals surface area contributed by atoms with Gasteiger partial charge in [-0.15, -0.1) is 0 Å². The molecule has 0 aliphatic carbocycles. The number of aliphatic hydroxyl groups excluding tert-OH is 1. The zero-order chi connectivity index (χ0) is 24.7. The minimum absolute atomic E-state index is 0.0161. The molecular weight excluding hydrogens is 458 g/mol. The lowest BCUT2D eigenvalue weighted by atomic mass is 9.97. The summed E-state index contributed by atoms with van der Waals surface area (Å²) >= 11 is 0. The molecule has 0 aliphatic rings. The normalized spacial score (nSPS) is 13.1. The molecule has 0 saturated carbocycles. The van der Waals surface area contributed by atoms with Gasteiger partial charge in [0.25, 0.3) is 5.91 Å². The molecule has 3 aromatic carbocycles. The molecule has 0 fully saturated rings. The summed E-state index contributed by atoms with van der Waals surface area (Å²) in [5.41, 5.74) is 4.25. The number of hydrogen-bond donors (Lipinski definition) is 6. The van der Waals surface area contributed by atoms with E-state index in [4.69, 9.17) is 5.21 Å². The van der Waals surface area contributed by atoms with Gasteiger partial charge in [0.1, 0.15) is 5.75 Å². The molecule has 0 unspecified atom stereocenters. The van der Waals surface area contributed by atoms with Crippen molar-refractivity contribution < 1.29 is 28.6 Å². The Morgan fingerprint density at radius 3 is 2.24 bits per heavy atom. The van der Waals surface area contributed by atoms with Gasteiger partial charge >= 0.3 is 0 Å². The van der Waals surface area contributed by atoms with Gasteiger partial charge in [-0.05, 0) is 47.4 Å². The van der Waals surface area contributed by atoms with Gasteiger partial charge in [0.05, 0.1) is 18.0 Å². The van der Waals surface area contributed by atoms with Gasteiger partial charge in [0.2, 0.25) is 10.0 Å². The van der Waals surface area contributed by atoms with E-state index in [1.54, 1.807) is 29.7 Å². The number of phenols is 1. The van der Waals surface area contributed by atoms with Crippen LogP contribution in [0.3, 0.4) is 0 Å². The maximum absolute atomic E-state index is 11.6. The van der Waals surface area contributed by atoms with E-state index >= 15 is 0 Å². The fourth-order valence-corrected chi connectivity index (χ4v) is 4.07. The molecular formula is C24H27N3O6S. The van der Waals surface area contributed by atoms with E-state index in [1.807, 2.05) is 30.3 Å². The van der Waals surface area contributed by atoms with Crippen molar-refractivity contribution in [1.82, 2.24) is 10.8 Å². The molecule has 2 atom stereocenters. The summed E-state index contributed by atoms with van der Waals surface area (Å²) in [7, 11) is -3.60. The molecule has 10 heteroatoms. The molecule has 3 aromatic rings. The predicted molar refractivity (Wildman–Crippen MR) is 128 cm³/mol. The average molecular weight is 486 g/mol. The highest BCUT2D eigenvalue weighted by atomic mass is 32.2. The summed E-state index contributed by atoms with van der Waals surface area (Å²) in [6, 6.07) is 20.5. The van der Waals surface area contributed by atoms with Gasteiger partial charge in [-0.1, -0.05) is 48.5 Å². The van der Waals surface area contributed by atoms with Crippen molar-refractivity contribution in [1.29, 1.82) is 0 Å². The number of carbonyl (C=O) groups is 1. The van der Waals surface area contributed by atoms with E-state index in [1.165, 1.54) is 18.2 Å². The molecule has 180 valence electrons. The summed E-state index contributed by atoms with van der Waals surface area (Å²) in [5, 5.41) is 32.8. The number of aromatic hydroxyl groups is 1. The van der Waals surface area contributed by atoms with Gasteiger partial charge < -0.3 is 15.5 Å². The molecule has 0 aromatic heterocycles. The van der Waals surface area contributed by atoms with Crippen LogP contribution in [0, 0.1) is 0 Å². The highest BCUT2D eigenvalue weighted by Gasteiger charge is 2.17. The number of rotatable bonds is 10. The first-order valence-corrected chi connectivity index (χ1v) is 12.4. The third kappa shape index (κ3) is 7.03. The summed E-state index contributed by atoms with van der Waals surface area (Å²) in [6.45, 7) is 0.138. The Kier molecular flexibility index (Phi) is 8.24. The molecule has 1 amide bonds. The van der Waals surface area contributed by atoms with Crippen molar-refractivity contribution in [3.63, 3.8) is 0 Å². The Morgan fingerprint density at radius 2 is 1.62 bits per heavy atom. The van der Waals surface area contributed by atoms with Crippen LogP contribution in [-0.4, -0.2) is 42.5 Å². The number of aliphatic hydroxyl groups is 1. The number of phenolic OH excluding ortho intramolecular Hbond substituents is 1. The minimum atomic E-state index is -3.60. The van der Waals surface area contributed by atoms with Crippen LogP contribution >= 0.6 is 0 Å². The molecule has 0 bridgehead atoms. The van der Waals surface area contributed by atoms with E-state index in [2.05, 4.69) is 10.0 Å². The van der Waals surface area contributed by atoms with Crippen molar-refractivity contribution in [3.05, 3.63) is 95.1 Å². The zero-order valence-electron chi connectivity index (χ0n) is 18.5. The third-order valence-corrected chi connectivity index (χ3v) is 5.81. The molecule has 9 nitrogen and oxygen atoms in total. The number of anilines is 1. The lowest BCUT2D eigenvalue weighted by Crippen LogP contribution is -2.28. The maximum atomic E-state index is 11.6. The van der Waals surface area contributed by atoms with Gasteiger partial charge in [-0.25, -0.2) is 13.9 Å². The Morgan fingerprint density at radius 1 is 0.971 bits per heavy atom. The first-order valence-electron chi connectivity index (χ1n) is 10.5. The molecule has 6 N–H and O–H groups in total. The highest BCUT2D eigenvalue weighted by Crippen LogP contribution is 2.28. The summed E-state index contributed by atoms with van der Waals surface area (Å²) in [5.74, 6) is -0.858. The van der Waals surface area contributed by atoms with Crippen LogP contribution in [0.15, 0.2) is 72.8 Å². The van der Waals surface area contributed by atoms with Gasteiger partial charge in [-0.2, -0.15) is 0 Å². The second-order valence-electron chi connectivity index (χ2n) is 7.88. The fourth-order valence-electron chi connectivity index (χ4n) is 3.50. The minimum Gasteiger partial charge on any atom is -0.506 e. The highest BCUT2D eigenvalue weighted by molar-refractivity contribution is 7.92. The molecule has 0 aliphatic heterocycles. The van der Waals surface area contributed by atoms with E-state index in [9.17, 15) is 23.4 Å². The first kappa shape index (κ1) is 25.2. The number of benzene rings is 3. The SMILES string of the molecule is CS(=O)(=O)Nc1cc([C@@H](O)CN[C@H](Cc2ccccc2)c2ccc(C(=O)NO)cc2)ccc1O. The molecule has 3 rings (SSSR count). The average Bonchev–Trinajstić information content (AvgIpc) is 2.82. The molecule has 0 saturated heterocycles. The van der Waals surface area contributed by atoms with Crippen LogP contribution in [0.1, 0.15) is 39.2 Å². The molecule has 0 spiro atoms. The number of hydroxylamine groups is 1. The van der Waals surface area contributed by atoms with Crippen molar-refractivity contribution in [2.24, 2.45) is 0 Å². The van der Waals surface area contributed by atoms with E-state index in [0.29, 0.717) is 17.5 Å². The Balaban J connectivity index is 1.78. The second kappa shape index (κ2) is 11.1. The molecule has 34 heavy (non-hydrogen) atoms. The van der Waals surface area contributed by atoms with Crippen LogP contribution in [0.25, 0.3) is 0 Å². The lowest BCUT2D eigenvalue weighted by Gasteiger charge is -2.22. The van der Waals surface area contributed by atoms with Crippen LogP contribution in [0.4, 0.5) is 5.69 Å². The summed E-state index contributed by atoms with van der Waals surface area (Å²) in [4.78, 5) is 11.6. The molecule has 0 radical (unpaired) electrons. The van der Waals surface area contributed by atoms with Crippen molar-refractivity contribution in [2.45, 2.75) is 18.6 Å².